The summed E-state index contributed by atoms with van der Waals surface area (Å²) in [4.78, 5) is 28.3. The molecule has 2 amide bonds. The van der Waals surface area contributed by atoms with Crippen LogP contribution in [0.25, 0.3) is 0 Å². The summed E-state index contributed by atoms with van der Waals surface area (Å²) >= 11 is 5.73. The van der Waals surface area contributed by atoms with E-state index in [9.17, 15) is 9.59 Å². The highest BCUT2D eigenvalue weighted by Crippen LogP contribution is 2.21. The van der Waals surface area contributed by atoms with Gasteiger partial charge in [-0.1, -0.05) is 18.5 Å². The van der Waals surface area contributed by atoms with E-state index in [0.29, 0.717) is 11.6 Å². The van der Waals surface area contributed by atoms with Crippen LogP contribution in [0.4, 0.5) is 0 Å². The topological polar surface area (TPSA) is 50.3 Å². The van der Waals surface area contributed by atoms with Crippen LogP contribution < -0.4 is 0 Å². The number of aromatic nitrogens is 1. The second kappa shape index (κ2) is 4.22. The molecule has 0 N–H and O–H groups in total. The molecule has 84 valence electrons. The number of rotatable bonds is 2. The average molecular weight is 239 g/mol. The maximum atomic E-state index is 11.7. The SMILES string of the molecule is CC1CC(=O)N(Cc2ccnc(Cl)c2)C1=O. The second-order valence-corrected chi connectivity index (χ2v) is 4.30. The van der Waals surface area contributed by atoms with Crippen LogP contribution in [-0.2, 0) is 16.1 Å². The van der Waals surface area contributed by atoms with E-state index in [-0.39, 0.29) is 24.3 Å². The molecule has 5 heteroatoms. The van der Waals surface area contributed by atoms with Gasteiger partial charge in [0.25, 0.3) is 0 Å². The first-order chi connectivity index (χ1) is 7.58. The number of pyridine rings is 1. The van der Waals surface area contributed by atoms with E-state index in [2.05, 4.69) is 4.98 Å². The summed E-state index contributed by atoms with van der Waals surface area (Å²) < 4.78 is 0. The van der Waals surface area contributed by atoms with E-state index in [1.54, 1.807) is 25.3 Å². The van der Waals surface area contributed by atoms with Crippen molar-refractivity contribution in [3.63, 3.8) is 0 Å². The highest BCUT2D eigenvalue weighted by Gasteiger charge is 2.35. The lowest BCUT2D eigenvalue weighted by molar-refractivity contribution is -0.139. The lowest BCUT2D eigenvalue weighted by atomic mass is 10.1. The predicted molar refractivity (Wildman–Crippen MR) is 58.6 cm³/mol. The van der Waals surface area contributed by atoms with Crippen LogP contribution in [0.15, 0.2) is 18.3 Å². The van der Waals surface area contributed by atoms with Crippen molar-refractivity contribution in [3.05, 3.63) is 29.0 Å². The zero-order valence-corrected chi connectivity index (χ0v) is 9.57. The number of hydrogen-bond acceptors (Lipinski definition) is 3. The van der Waals surface area contributed by atoms with Crippen LogP contribution in [0.1, 0.15) is 18.9 Å². The molecule has 4 nitrogen and oxygen atoms in total. The van der Waals surface area contributed by atoms with Gasteiger partial charge in [0, 0.05) is 18.5 Å². The number of carbonyl (C=O) groups excluding carboxylic acids is 2. The smallest absolute Gasteiger partial charge is 0.232 e. The van der Waals surface area contributed by atoms with Crippen LogP contribution in [0.3, 0.4) is 0 Å². The Labute approximate surface area is 98.2 Å². The third-order valence-electron chi connectivity index (χ3n) is 2.60. The zero-order chi connectivity index (χ0) is 11.7. The van der Waals surface area contributed by atoms with Gasteiger partial charge in [-0.3, -0.25) is 14.5 Å². The molecule has 2 rings (SSSR count). The quantitative estimate of drug-likeness (QED) is 0.581. The van der Waals surface area contributed by atoms with Crippen molar-refractivity contribution in [2.75, 3.05) is 0 Å². The summed E-state index contributed by atoms with van der Waals surface area (Å²) in [6, 6.07) is 3.40. The van der Waals surface area contributed by atoms with E-state index in [0.717, 1.165) is 5.56 Å². The second-order valence-electron chi connectivity index (χ2n) is 3.91. The maximum absolute atomic E-state index is 11.7. The van der Waals surface area contributed by atoms with Crippen molar-refractivity contribution in [1.82, 2.24) is 9.88 Å². The first-order valence-electron chi connectivity index (χ1n) is 5.02. The highest BCUT2D eigenvalue weighted by molar-refractivity contribution is 6.29. The van der Waals surface area contributed by atoms with Gasteiger partial charge in [-0.05, 0) is 17.7 Å². The highest BCUT2D eigenvalue weighted by atomic mass is 35.5. The van der Waals surface area contributed by atoms with E-state index in [1.807, 2.05) is 0 Å². The number of carbonyl (C=O) groups is 2. The van der Waals surface area contributed by atoms with Gasteiger partial charge in [0.05, 0.1) is 6.54 Å². The largest absolute Gasteiger partial charge is 0.278 e. The number of hydrogen-bond donors (Lipinski definition) is 0. The molecule has 0 spiro atoms. The Bertz CT molecular complexity index is 447. The van der Waals surface area contributed by atoms with Gasteiger partial charge in [-0.25, -0.2) is 4.98 Å². The Kier molecular flexibility index (Phi) is 2.92. The van der Waals surface area contributed by atoms with Crippen molar-refractivity contribution < 1.29 is 9.59 Å². The van der Waals surface area contributed by atoms with Gasteiger partial charge in [0.1, 0.15) is 5.15 Å². The summed E-state index contributed by atoms with van der Waals surface area (Å²) in [6.45, 7) is 2.05. The van der Waals surface area contributed by atoms with Crippen LogP contribution >= 0.6 is 11.6 Å². The molecular weight excluding hydrogens is 228 g/mol. The molecule has 0 radical (unpaired) electrons. The van der Waals surface area contributed by atoms with Gasteiger partial charge < -0.3 is 0 Å². The summed E-state index contributed by atoms with van der Waals surface area (Å²) in [7, 11) is 0. The van der Waals surface area contributed by atoms with E-state index in [4.69, 9.17) is 11.6 Å². The number of nitrogens with zero attached hydrogens (tertiary/aromatic N) is 2. The zero-order valence-electron chi connectivity index (χ0n) is 8.81. The number of amides is 2. The number of halogens is 1. The Balaban J connectivity index is 2.16. The number of imide groups is 1. The first kappa shape index (κ1) is 11.1. The van der Waals surface area contributed by atoms with Crippen molar-refractivity contribution in [1.29, 1.82) is 0 Å². The summed E-state index contributed by atoms with van der Waals surface area (Å²) in [6.07, 6.45) is 1.86. The minimum Gasteiger partial charge on any atom is -0.278 e. The minimum atomic E-state index is -0.204. The van der Waals surface area contributed by atoms with Crippen molar-refractivity contribution >= 4 is 23.4 Å². The van der Waals surface area contributed by atoms with E-state index >= 15 is 0 Å². The molecule has 1 unspecified atom stereocenters. The van der Waals surface area contributed by atoms with Crippen LogP contribution in [0.5, 0.6) is 0 Å². The summed E-state index contributed by atoms with van der Waals surface area (Å²) in [5.74, 6) is -0.437. The molecular formula is C11H11ClN2O2. The van der Waals surface area contributed by atoms with Crippen molar-refractivity contribution in [2.45, 2.75) is 19.9 Å². The molecule has 0 aromatic carbocycles. The molecule has 1 aromatic heterocycles. The van der Waals surface area contributed by atoms with E-state index in [1.165, 1.54) is 4.90 Å². The fourth-order valence-electron chi connectivity index (χ4n) is 1.74. The lowest BCUT2D eigenvalue weighted by Crippen LogP contribution is -2.29. The maximum Gasteiger partial charge on any atom is 0.232 e. The molecule has 2 heterocycles. The first-order valence-corrected chi connectivity index (χ1v) is 5.40. The fraction of sp³-hybridized carbons (Fsp3) is 0.364. The molecule has 0 saturated carbocycles. The van der Waals surface area contributed by atoms with Crippen LogP contribution in [0, 0.1) is 5.92 Å². The molecule has 1 fully saturated rings. The van der Waals surface area contributed by atoms with Crippen molar-refractivity contribution in [2.24, 2.45) is 5.92 Å². The molecule has 1 aromatic rings. The van der Waals surface area contributed by atoms with Gasteiger partial charge >= 0.3 is 0 Å². The van der Waals surface area contributed by atoms with Crippen LogP contribution in [0.2, 0.25) is 5.15 Å². The molecule has 0 aliphatic carbocycles. The Morgan fingerprint density at radius 1 is 1.56 bits per heavy atom. The Hall–Kier alpha value is -1.42. The summed E-state index contributed by atoms with van der Waals surface area (Å²) in [5.41, 5.74) is 0.816. The molecule has 1 atom stereocenters. The van der Waals surface area contributed by atoms with E-state index < -0.39 is 0 Å². The average Bonchev–Trinajstić information content (AvgIpc) is 2.45. The Morgan fingerprint density at radius 3 is 2.88 bits per heavy atom. The number of likely N-dealkylation sites (tertiary alicyclic amines) is 1. The van der Waals surface area contributed by atoms with Gasteiger partial charge in [-0.2, -0.15) is 0 Å². The fourth-order valence-corrected chi connectivity index (χ4v) is 1.93. The van der Waals surface area contributed by atoms with Crippen molar-refractivity contribution in [3.8, 4) is 0 Å². The van der Waals surface area contributed by atoms with Gasteiger partial charge in [-0.15, -0.1) is 0 Å². The summed E-state index contributed by atoms with van der Waals surface area (Å²) in [5, 5.41) is 0.365. The van der Waals surface area contributed by atoms with Crippen LogP contribution in [-0.4, -0.2) is 21.7 Å². The molecule has 1 aliphatic heterocycles. The minimum absolute atomic E-state index is 0.113. The standard InChI is InChI=1S/C11H11ClN2O2/c1-7-4-10(15)14(11(7)16)6-8-2-3-13-9(12)5-8/h2-3,5,7H,4,6H2,1H3. The normalized spacial score (nSPS) is 20.6. The molecule has 1 saturated heterocycles. The van der Waals surface area contributed by atoms with Gasteiger partial charge in [0.2, 0.25) is 11.8 Å². The molecule has 1 aliphatic rings. The third kappa shape index (κ3) is 2.07. The molecule has 16 heavy (non-hydrogen) atoms. The molecule has 0 bridgehead atoms. The predicted octanol–water partition coefficient (Wildman–Crippen LogP) is 1.63. The lowest BCUT2D eigenvalue weighted by Gasteiger charge is -2.14. The Morgan fingerprint density at radius 2 is 2.31 bits per heavy atom. The monoisotopic (exact) mass is 238 g/mol. The van der Waals surface area contributed by atoms with Gasteiger partial charge in [0.15, 0.2) is 0 Å². The third-order valence-corrected chi connectivity index (χ3v) is 2.81.